The average molecular weight is 644 g/mol. The maximum absolute atomic E-state index is 13.7. The number of rotatable bonds is 16. The van der Waals surface area contributed by atoms with E-state index >= 15 is 0 Å². The molecular weight excluding hydrogens is 594 g/mol. The average Bonchev–Trinajstić information content (AvgIpc) is 3.03. The molecule has 0 fully saturated rings. The zero-order valence-corrected chi connectivity index (χ0v) is 28.2. The minimum atomic E-state index is -0.875. The van der Waals surface area contributed by atoms with Crippen LogP contribution in [0.3, 0.4) is 0 Å². The highest BCUT2D eigenvalue weighted by Gasteiger charge is 2.28. The molecule has 0 saturated carbocycles. The predicted molar refractivity (Wildman–Crippen MR) is 182 cm³/mol. The van der Waals surface area contributed by atoms with Crippen molar-refractivity contribution in [2.24, 2.45) is 5.92 Å². The second kappa shape index (κ2) is 18.5. The van der Waals surface area contributed by atoms with Crippen molar-refractivity contribution in [1.82, 2.24) is 16.0 Å². The molecule has 47 heavy (non-hydrogen) atoms. The molecule has 1 unspecified atom stereocenters. The van der Waals surface area contributed by atoms with Crippen LogP contribution >= 0.6 is 0 Å². The summed E-state index contributed by atoms with van der Waals surface area (Å²) in [6.07, 6.45) is 0.972. The van der Waals surface area contributed by atoms with Crippen LogP contribution in [0.15, 0.2) is 91.0 Å². The van der Waals surface area contributed by atoms with Gasteiger partial charge in [0.1, 0.15) is 24.3 Å². The molecule has 252 valence electrons. The third-order valence-corrected chi connectivity index (χ3v) is 7.30. The molecule has 3 atom stereocenters. The fourth-order valence-corrected chi connectivity index (χ4v) is 5.01. The van der Waals surface area contributed by atoms with Gasteiger partial charge in [0.05, 0.1) is 6.04 Å². The van der Waals surface area contributed by atoms with Gasteiger partial charge in [-0.25, -0.2) is 9.59 Å². The third kappa shape index (κ3) is 14.1. The van der Waals surface area contributed by atoms with Crippen LogP contribution in [0, 0.1) is 5.92 Å². The van der Waals surface area contributed by atoms with Crippen LogP contribution in [-0.4, -0.2) is 41.6 Å². The summed E-state index contributed by atoms with van der Waals surface area (Å²) in [5.41, 5.74) is 1.98. The van der Waals surface area contributed by atoms with Crippen LogP contribution in [-0.2, 0) is 36.9 Å². The van der Waals surface area contributed by atoms with Crippen molar-refractivity contribution in [3.05, 3.63) is 108 Å². The summed E-state index contributed by atoms with van der Waals surface area (Å²) >= 11 is 0. The van der Waals surface area contributed by atoms with Gasteiger partial charge in [-0.05, 0) is 69.1 Å². The Bertz CT molecular complexity index is 1410. The predicted octanol–water partition coefficient (Wildman–Crippen LogP) is 6.42. The quantitative estimate of drug-likeness (QED) is 0.155. The number of aryl methyl sites for hydroxylation is 1. The van der Waals surface area contributed by atoms with Gasteiger partial charge in [0.15, 0.2) is 0 Å². The normalized spacial score (nSPS) is 13.1. The fraction of sp³-hybridized carbons (Fsp3) is 0.421. The number of esters is 1. The Morgan fingerprint density at radius 2 is 1.28 bits per heavy atom. The number of carbonyl (C=O) groups is 4. The number of alkyl carbamates (subject to hydrolysis) is 1. The van der Waals surface area contributed by atoms with Crippen molar-refractivity contribution in [2.45, 2.75) is 97.1 Å². The van der Waals surface area contributed by atoms with Crippen molar-refractivity contribution in [3.8, 4) is 0 Å². The van der Waals surface area contributed by atoms with Gasteiger partial charge in [0.25, 0.3) is 0 Å². The molecule has 3 amide bonds. The molecule has 3 aromatic carbocycles. The molecule has 0 aliphatic carbocycles. The monoisotopic (exact) mass is 643 g/mol. The van der Waals surface area contributed by atoms with E-state index in [4.69, 9.17) is 9.47 Å². The summed E-state index contributed by atoms with van der Waals surface area (Å²) in [6, 6.07) is 26.3. The second-order valence-electron chi connectivity index (χ2n) is 13.1. The van der Waals surface area contributed by atoms with Gasteiger partial charge in [0, 0.05) is 6.42 Å². The van der Waals surface area contributed by atoms with Gasteiger partial charge in [-0.15, -0.1) is 0 Å². The van der Waals surface area contributed by atoms with Gasteiger partial charge >= 0.3 is 12.1 Å². The molecule has 0 aliphatic heterocycles. The highest BCUT2D eigenvalue weighted by molar-refractivity contribution is 5.86. The molecule has 3 N–H and O–H groups in total. The first-order chi connectivity index (χ1) is 22.4. The molecule has 0 saturated heterocycles. The molecule has 0 spiro atoms. The first kappa shape index (κ1) is 36.8. The molecule has 3 rings (SSSR count). The lowest BCUT2D eigenvalue weighted by atomic mass is 9.99. The molecule has 0 bridgehead atoms. The second-order valence-corrected chi connectivity index (χ2v) is 13.1. The van der Waals surface area contributed by atoms with E-state index in [2.05, 4.69) is 16.0 Å². The van der Waals surface area contributed by atoms with Crippen molar-refractivity contribution >= 4 is 23.9 Å². The van der Waals surface area contributed by atoms with Crippen LogP contribution < -0.4 is 16.0 Å². The smallest absolute Gasteiger partial charge is 0.408 e. The lowest BCUT2D eigenvalue weighted by Gasteiger charge is -2.26. The van der Waals surface area contributed by atoms with Crippen LogP contribution in [0.5, 0.6) is 0 Å². The number of hydrogen-bond acceptors (Lipinski definition) is 6. The van der Waals surface area contributed by atoms with E-state index in [1.165, 1.54) is 0 Å². The molecule has 9 nitrogen and oxygen atoms in total. The van der Waals surface area contributed by atoms with Gasteiger partial charge < -0.3 is 25.4 Å². The van der Waals surface area contributed by atoms with Crippen molar-refractivity contribution in [2.75, 3.05) is 0 Å². The SMILES string of the molecule is CC(C)C[C@H](NC(=O)CCC(NC(=O)[C@H](CCc1ccccc1)NC(=O)OC(C)(C)C)c1ccccc1)C(=O)OCc1ccccc1. The topological polar surface area (TPSA) is 123 Å². The minimum Gasteiger partial charge on any atom is -0.459 e. The van der Waals surface area contributed by atoms with Gasteiger partial charge in [-0.3, -0.25) is 9.59 Å². The van der Waals surface area contributed by atoms with Crippen LogP contribution in [0.2, 0.25) is 0 Å². The summed E-state index contributed by atoms with van der Waals surface area (Å²) < 4.78 is 11.0. The van der Waals surface area contributed by atoms with Gasteiger partial charge in [-0.1, -0.05) is 105 Å². The number of amides is 3. The Kier molecular flexibility index (Phi) is 14.5. The van der Waals surface area contributed by atoms with E-state index in [9.17, 15) is 19.2 Å². The largest absolute Gasteiger partial charge is 0.459 e. The van der Waals surface area contributed by atoms with E-state index in [-0.39, 0.29) is 37.2 Å². The fourth-order valence-electron chi connectivity index (χ4n) is 5.01. The Morgan fingerprint density at radius 1 is 0.702 bits per heavy atom. The standard InChI is InChI=1S/C38H49N3O6/c1-27(2)25-33(36(44)46-26-29-17-11-7-12-18-29)39-34(42)24-23-31(30-19-13-8-14-20-30)40-35(43)32(41-37(45)47-38(3,4)5)22-21-28-15-9-6-10-16-28/h6-20,27,31-33H,21-26H2,1-5H3,(H,39,42)(H,40,43)(H,41,45)/t31?,32-,33-/m0/s1. The number of nitrogens with one attached hydrogen (secondary N) is 3. The minimum absolute atomic E-state index is 0.0502. The Hall–Kier alpha value is -4.66. The molecule has 0 aliphatic rings. The lowest BCUT2D eigenvalue weighted by molar-refractivity contribution is -0.149. The van der Waals surface area contributed by atoms with Crippen LogP contribution in [0.1, 0.15) is 83.0 Å². The number of carbonyl (C=O) groups excluding carboxylic acids is 4. The van der Waals surface area contributed by atoms with E-state index in [1.54, 1.807) is 20.8 Å². The molecule has 0 radical (unpaired) electrons. The molecular formula is C38H49N3O6. The Balaban J connectivity index is 1.69. The molecule has 0 aromatic heterocycles. The van der Waals surface area contributed by atoms with Crippen LogP contribution in [0.4, 0.5) is 4.79 Å². The summed E-state index contributed by atoms with van der Waals surface area (Å²) in [5.74, 6) is -1.05. The van der Waals surface area contributed by atoms with E-state index in [0.29, 0.717) is 19.3 Å². The molecule has 0 heterocycles. The molecule has 3 aromatic rings. The first-order valence-corrected chi connectivity index (χ1v) is 16.3. The zero-order valence-electron chi connectivity index (χ0n) is 28.2. The van der Waals surface area contributed by atoms with Gasteiger partial charge in [-0.2, -0.15) is 0 Å². The first-order valence-electron chi connectivity index (χ1n) is 16.3. The summed E-state index contributed by atoms with van der Waals surface area (Å²) in [6.45, 7) is 9.35. The highest BCUT2D eigenvalue weighted by atomic mass is 16.6. The number of hydrogen-bond donors (Lipinski definition) is 3. The van der Waals surface area contributed by atoms with Crippen molar-refractivity contribution < 1.29 is 28.7 Å². The number of benzene rings is 3. The Labute approximate surface area is 278 Å². The highest BCUT2D eigenvalue weighted by Crippen LogP contribution is 2.20. The third-order valence-electron chi connectivity index (χ3n) is 7.30. The zero-order chi connectivity index (χ0) is 34.2. The van der Waals surface area contributed by atoms with E-state index in [0.717, 1.165) is 16.7 Å². The van der Waals surface area contributed by atoms with Gasteiger partial charge in [0.2, 0.25) is 11.8 Å². The maximum Gasteiger partial charge on any atom is 0.408 e. The Morgan fingerprint density at radius 3 is 1.85 bits per heavy atom. The van der Waals surface area contributed by atoms with E-state index in [1.807, 2.05) is 105 Å². The maximum atomic E-state index is 13.7. The van der Waals surface area contributed by atoms with Crippen LogP contribution in [0.25, 0.3) is 0 Å². The lowest BCUT2D eigenvalue weighted by Crippen LogP contribution is -2.49. The number of ether oxygens (including phenoxy) is 2. The summed E-state index contributed by atoms with van der Waals surface area (Å²) in [4.78, 5) is 52.6. The summed E-state index contributed by atoms with van der Waals surface area (Å²) in [7, 11) is 0. The summed E-state index contributed by atoms with van der Waals surface area (Å²) in [5, 5.41) is 8.65. The molecule has 9 heteroatoms. The van der Waals surface area contributed by atoms with Crippen molar-refractivity contribution in [3.63, 3.8) is 0 Å². The van der Waals surface area contributed by atoms with E-state index < -0.39 is 35.8 Å². The van der Waals surface area contributed by atoms with Crippen molar-refractivity contribution in [1.29, 1.82) is 0 Å².